The lowest BCUT2D eigenvalue weighted by molar-refractivity contribution is -0.143. The monoisotopic (exact) mass is 550 g/mol. The van der Waals surface area contributed by atoms with Crippen LogP contribution < -0.4 is 10.6 Å². The third kappa shape index (κ3) is 8.62. The Hall–Kier alpha value is -2.80. The number of carbonyl (C=O) groups is 2. The molecule has 2 N–H and O–H groups in total. The van der Waals surface area contributed by atoms with E-state index in [-0.39, 0.29) is 17.7 Å². The summed E-state index contributed by atoms with van der Waals surface area (Å²) >= 11 is 0. The van der Waals surface area contributed by atoms with Crippen LogP contribution in [0.1, 0.15) is 43.9 Å². The number of hydrogen-bond acceptors (Lipinski definition) is 5. The normalized spacial score (nSPS) is 21.1. The molecule has 2 atom stereocenters. The topological polar surface area (TPSA) is 73.9 Å². The van der Waals surface area contributed by atoms with E-state index < -0.39 is 53.7 Å². The zero-order chi connectivity index (χ0) is 28.3. The molecule has 3 rings (SSSR count). The molecule has 0 aromatic heterocycles. The number of amides is 2. The van der Waals surface area contributed by atoms with E-state index in [4.69, 9.17) is 4.74 Å². The van der Waals surface area contributed by atoms with Crippen molar-refractivity contribution >= 4 is 12.0 Å². The molecule has 0 aliphatic carbocycles. The van der Waals surface area contributed by atoms with E-state index in [1.807, 2.05) is 4.90 Å². The zero-order valence-corrected chi connectivity index (χ0v) is 21.4. The van der Waals surface area contributed by atoms with E-state index in [1.54, 1.807) is 32.9 Å². The number of benzene rings is 1. The predicted octanol–water partition coefficient (Wildman–Crippen LogP) is 4.18. The number of hydrogen-bond donors (Lipinski definition) is 2. The van der Waals surface area contributed by atoms with E-state index in [2.05, 4.69) is 15.5 Å². The van der Waals surface area contributed by atoms with E-state index >= 15 is 0 Å². The number of nitrogens with zero attached hydrogens (tertiary/aromatic N) is 2. The summed E-state index contributed by atoms with van der Waals surface area (Å²) in [6, 6.07) is 0.509. The van der Waals surface area contributed by atoms with Crippen molar-refractivity contribution in [2.75, 3.05) is 32.7 Å². The highest BCUT2D eigenvalue weighted by Crippen LogP contribution is 2.36. The van der Waals surface area contributed by atoms with Crippen LogP contribution in [-0.2, 0) is 28.4 Å². The van der Waals surface area contributed by atoms with Crippen LogP contribution in [-0.4, -0.2) is 72.2 Å². The van der Waals surface area contributed by atoms with Gasteiger partial charge in [0.1, 0.15) is 11.6 Å². The molecule has 1 aromatic carbocycles. The Kier molecular flexibility index (Phi) is 9.02. The van der Waals surface area contributed by atoms with Crippen molar-refractivity contribution in [2.45, 2.75) is 63.8 Å². The van der Waals surface area contributed by atoms with Gasteiger partial charge in [0.2, 0.25) is 5.91 Å². The number of alkyl halides is 6. The molecular weight excluding hydrogens is 518 g/mol. The molecule has 1 fully saturated rings. The van der Waals surface area contributed by atoms with Gasteiger partial charge in [0.15, 0.2) is 0 Å². The van der Waals surface area contributed by atoms with Crippen molar-refractivity contribution in [1.82, 2.24) is 20.4 Å². The van der Waals surface area contributed by atoms with Gasteiger partial charge in [0, 0.05) is 45.3 Å². The Bertz CT molecular complexity index is 1000. The molecule has 2 amide bonds. The van der Waals surface area contributed by atoms with Crippen molar-refractivity contribution in [3.63, 3.8) is 0 Å². The summed E-state index contributed by atoms with van der Waals surface area (Å²) in [7, 11) is 0. The largest absolute Gasteiger partial charge is 0.444 e. The van der Waals surface area contributed by atoms with Crippen LogP contribution in [0, 0.1) is 0 Å². The van der Waals surface area contributed by atoms with Gasteiger partial charge in [0.25, 0.3) is 0 Å². The molecule has 0 saturated carbocycles. The van der Waals surface area contributed by atoms with Gasteiger partial charge in [0.05, 0.1) is 11.1 Å². The highest BCUT2D eigenvalue weighted by atomic mass is 19.4. The molecule has 7 nitrogen and oxygen atoms in total. The van der Waals surface area contributed by atoms with Crippen molar-refractivity contribution in [3.05, 3.63) is 47.0 Å². The summed E-state index contributed by atoms with van der Waals surface area (Å²) in [4.78, 5) is 28.7. The Morgan fingerprint density at radius 3 is 2.21 bits per heavy atom. The fourth-order valence-corrected chi connectivity index (χ4v) is 4.36. The second-order valence-corrected chi connectivity index (χ2v) is 10.4. The van der Waals surface area contributed by atoms with Crippen LogP contribution in [0.3, 0.4) is 0 Å². The van der Waals surface area contributed by atoms with Crippen LogP contribution >= 0.6 is 0 Å². The number of carbonyl (C=O) groups excluding carboxylic acids is 2. The Balaban J connectivity index is 1.51. The first-order chi connectivity index (χ1) is 17.5. The lowest BCUT2D eigenvalue weighted by atomic mass is 10.0. The molecule has 2 aliphatic rings. The van der Waals surface area contributed by atoms with E-state index in [0.29, 0.717) is 38.3 Å². The fraction of sp³-hybridized carbons (Fsp3) is 0.600. The van der Waals surface area contributed by atoms with Gasteiger partial charge in [-0.2, -0.15) is 26.3 Å². The third-order valence-electron chi connectivity index (χ3n) is 6.13. The number of ether oxygens (including phenoxy) is 1. The van der Waals surface area contributed by atoms with Crippen molar-refractivity contribution in [1.29, 1.82) is 0 Å². The summed E-state index contributed by atoms with van der Waals surface area (Å²) in [5.74, 6) is -0.518. The van der Waals surface area contributed by atoms with Gasteiger partial charge in [-0.05, 0) is 51.0 Å². The number of halogens is 6. The Labute approximate surface area is 217 Å². The van der Waals surface area contributed by atoms with Gasteiger partial charge in [-0.3, -0.25) is 14.6 Å². The molecule has 38 heavy (non-hydrogen) atoms. The van der Waals surface area contributed by atoms with Crippen LogP contribution in [0.2, 0.25) is 0 Å². The van der Waals surface area contributed by atoms with E-state index in [0.717, 1.165) is 13.0 Å². The van der Waals surface area contributed by atoms with Crippen LogP contribution in [0.4, 0.5) is 31.1 Å². The summed E-state index contributed by atoms with van der Waals surface area (Å²) in [6.45, 7) is 7.83. The first-order valence-electron chi connectivity index (χ1n) is 12.2. The Morgan fingerprint density at radius 2 is 1.63 bits per heavy atom. The minimum Gasteiger partial charge on any atom is -0.444 e. The second-order valence-electron chi connectivity index (χ2n) is 10.4. The summed E-state index contributed by atoms with van der Waals surface area (Å²) in [5.41, 5.74) is -3.75. The molecule has 2 heterocycles. The van der Waals surface area contributed by atoms with Crippen molar-refractivity contribution < 1.29 is 40.7 Å². The molecule has 13 heteroatoms. The van der Waals surface area contributed by atoms with Gasteiger partial charge < -0.3 is 15.4 Å². The average Bonchev–Trinajstić information content (AvgIpc) is 3.42. The number of rotatable bonds is 7. The van der Waals surface area contributed by atoms with Crippen molar-refractivity contribution in [3.8, 4) is 0 Å². The van der Waals surface area contributed by atoms with Gasteiger partial charge >= 0.3 is 18.4 Å². The molecule has 1 unspecified atom stereocenters. The standard InChI is InChI=1S/C25H32F6N4O3/c1-23(2,3)38-22(37)33-19-6-8-34(15-19)9-10-35-7-4-5-20(35)21(36)32-14-16-11-17(24(26,27)28)13-18(12-16)25(29,30)31/h4-5,11-13,19-20H,6-10,14-15H2,1-3H3,(H,32,36)(H,33,37)/t19?,20-/m0/s1. The van der Waals surface area contributed by atoms with Gasteiger partial charge in [-0.1, -0.05) is 12.2 Å². The highest BCUT2D eigenvalue weighted by Gasteiger charge is 2.37. The second kappa shape index (κ2) is 11.5. The first-order valence-corrected chi connectivity index (χ1v) is 12.2. The quantitative estimate of drug-likeness (QED) is 0.394. The SMILES string of the molecule is CC(C)(C)OC(=O)NC1CCN(CCN2CC=C[C@H]2C(=O)NCc2cc(C(F)(F)F)cc(C(F)(F)F)c2)C1. The zero-order valence-electron chi connectivity index (χ0n) is 21.4. The smallest absolute Gasteiger partial charge is 0.416 e. The summed E-state index contributed by atoms with van der Waals surface area (Å²) < 4.78 is 83.8. The summed E-state index contributed by atoms with van der Waals surface area (Å²) in [5, 5.41) is 5.31. The molecule has 2 aliphatic heterocycles. The van der Waals surface area contributed by atoms with Crippen molar-refractivity contribution in [2.24, 2.45) is 0 Å². The summed E-state index contributed by atoms with van der Waals surface area (Å²) in [6.07, 6.45) is -6.21. The Morgan fingerprint density at radius 1 is 1.00 bits per heavy atom. The van der Waals surface area contributed by atoms with Gasteiger partial charge in [-0.25, -0.2) is 4.79 Å². The minimum absolute atomic E-state index is 0.0543. The lowest BCUT2D eigenvalue weighted by Crippen LogP contribution is -2.46. The average molecular weight is 551 g/mol. The highest BCUT2D eigenvalue weighted by molar-refractivity contribution is 5.84. The molecule has 0 radical (unpaired) electrons. The van der Waals surface area contributed by atoms with Crippen LogP contribution in [0.25, 0.3) is 0 Å². The lowest BCUT2D eigenvalue weighted by Gasteiger charge is -2.26. The molecular formula is C25H32F6N4O3. The van der Waals surface area contributed by atoms with E-state index in [9.17, 15) is 35.9 Å². The minimum atomic E-state index is -4.96. The molecule has 0 spiro atoms. The molecule has 1 saturated heterocycles. The number of nitrogens with one attached hydrogen (secondary N) is 2. The molecule has 212 valence electrons. The van der Waals surface area contributed by atoms with Crippen LogP contribution in [0.15, 0.2) is 30.4 Å². The maximum absolute atomic E-state index is 13.1. The fourth-order valence-electron chi connectivity index (χ4n) is 4.36. The molecule has 1 aromatic rings. The number of alkyl carbamates (subject to hydrolysis) is 1. The van der Waals surface area contributed by atoms with Crippen LogP contribution in [0.5, 0.6) is 0 Å². The van der Waals surface area contributed by atoms with E-state index in [1.165, 1.54) is 0 Å². The number of likely N-dealkylation sites (tertiary alicyclic amines) is 1. The van der Waals surface area contributed by atoms with Gasteiger partial charge in [-0.15, -0.1) is 0 Å². The molecule has 0 bridgehead atoms. The maximum atomic E-state index is 13.1. The maximum Gasteiger partial charge on any atom is 0.416 e. The first kappa shape index (κ1) is 29.8. The third-order valence-corrected chi connectivity index (χ3v) is 6.13. The predicted molar refractivity (Wildman–Crippen MR) is 127 cm³/mol.